The molecule has 4 aliphatic rings. The van der Waals surface area contributed by atoms with E-state index in [-0.39, 0.29) is 41.5 Å². The second-order valence-corrected chi connectivity index (χ2v) is 19.3. The first kappa shape index (κ1) is 36.1. The standard InChI is InChI=1S/C50H50N2O5/c1-49(2,3)37-23-26(24-38(44(37)53)50(4,5)6)35-25-36-42-34(47(56)52(48(36)57)28-15-11-8-12-16-28)21-18-30-29-17-20-32-41-33(22-19-31(39(29)41)40(35)43(30)42)46(55)51(45(32)54)27-13-9-7-10-14-27/h17-25,27-28,53H,7-16H2,1-6H3. The molecule has 6 aromatic rings. The number of nitrogens with zero attached hydrogens (tertiary/aromatic N) is 2. The number of imide groups is 2. The summed E-state index contributed by atoms with van der Waals surface area (Å²) in [5.41, 5.74) is 4.59. The van der Waals surface area contributed by atoms with Crippen LogP contribution in [0.1, 0.15) is 158 Å². The summed E-state index contributed by atoms with van der Waals surface area (Å²) in [5, 5.41) is 18.3. The molecule has 10 rings (SSSR count). The van der Waals surface area contributed by atoms with Crippen LogP contribution in [0.5, 0.6) is 5.75 Å². The molecule has 0 aromatic heterocycles. The topological polar surface area (TPSA) is 95.0 Å². The number of hydrogen-bond donors (Lipinski definition) is 1. The molecule has 0 bridgehead atoms. The van der Waals surface area contributed by atoms with Gasteiger partial charge in [-0.25, -0.2) is 0 Å². The normalized spacial score (nSPS) is 18.7. The number of phenols is 1. The van der Waals surface area contributed by atoms with Gasteiger partial charge in [0.2, 0.25) is 0 Å². The van der Waals surface area contributed by atoms with Gasteiger partial charge in [-0.05, 0) is 116 Å². The molecule has 0 spiro atoms. The van der Waals surface area contributed by atoms with Crippen LogP contribution in [0, 0.1) is 0 Å². The minimum absolute atomic E-state index is 0.107. The van der Waals surface area contributed by atoms with Gasteiger partial charge in [0.1, 0.15) is 5.75 Å². The predicted molar refractivity (Wildman–Crippen MR) is 227 cm³/mol. The number of carbonyl (C=O) groups is 4. The zero-order chi connectivity index (χ0) is 39.9. The molecule has 2 aliphatic carbocycles. The highest BCUT2D eigenvalue weighted by molar-refractivity contribution is 6.43. The summed E-state index contributed by atoms with van der Waals surface area (Å²) >= 11 is 0. The Labute approximate surface area is 333 Å². The van der Waals surface area contributed by atoms with E-state index in [0.29, 0.717) is 33.0 Å². The highest BCUT2D eigenvalue weighted by Gasteiger charge is 2.42. The lowest BCUT2D eigenvalue weighted by molar-refractivity contribution is 0.0487. The molecule has 0 saturated heterocycles. The van der Waals surface area contributed by atoms with Gasteiger partial charge in [0, 0.05) is 56.2 Å². The van der Waals surface area contributed by atoms with E-state index in [4.69, 9.17) is 0 Å². The van der Waals surface area contributed by atoms with Crippen molar-refractivity contribution in [1.82, 2.24) is 9.80 Å². The van der Waals surface area contributed by atoms with E-state index in [1.54, 1.807) is 0 Å². The lowest BCUT2D eigenvalue weighted by Gasteiger charge is -2.37. The third-order valence-corrected chi connectivity index (χ3v) is 13.7. The second-order valence-electron chi connectivity index (χ2n) is 19.3. The number of rotatable bonds is 3. The number of hydrogen-bond acceptors (Lipinski definition) is 5. The van der Waals surface area contributed by atoms with Crippen LogP contribution in [0.4, 0.5) is 0 Å². The van der Waals surface area contributed by atoms with E-state index in [1.807, 2.05) is 42.5 Å². The summed E-state index contributed by atoms with van der Waals surface area (Å²) in [6, 6.07) is 17.5. The van der Waals surface area contributed by atoms with Crippen LogP contribution < -0.4 is 0 Å². The zero-order valence-corrected chi connectivity index (χ0v) is 33.9. The maximum Gasteiger partial charge on any atom is 0.261 e. The summed E-state index contributed by atoms with van der Waals surface area (Å²) in [5.74, 6) is -0.700. The fraction of sp³-hybridized carbons (Fsp3) is 0.400. The molecule has 2 aliphatic heterocycles. The molecule has 0 atom stereocenters. The van der Waals surface area contributed by atoms with E-state index >= 15 is 0 Å². The molecular formula is C50H50N2O5. The number of carbonyl (C=O) groups excluding carboxylic acids is 4. The summed E-state index contributed by atoms with van der Waals surface area (Å²) in [6.07, 6.45) is 9.46. The smallest absolute Gasteiger partial charge is 0.261 e. The van der Waals surface area contributed by atoms with Gasteiger partial charge in [-0.2, -0.15) is 0 Å². The molecule has 4 amide bonds. The van der Waals surface area contributed by atoms with Gasteiger partial charge in [-0.15, -0.1) is 0 Å². The van der Waals surface area contributed by atoms with Crippen molar-refractivity contribution in [3.8, 4) is 16.9 Å². The van der Waals surface area contributed by atoms with Crippen molar-refractivity contribution in [2.75, 3.05) is 0 Å². The van der Waals surface area contributed by atoms with Crippen LogP contribution in [0.2, 0.25) is 0 Å². The van der Waals surface area contributed by atoms with Gasteiger partial charge in [0.15, 0.2) is 0 Å². The van der Waals surface area contributed by atoms with E-state index in [1.165, 1.54) is 9.80 Å². The van der Waals surface area contributed by atoms with Crippen molar-refractivity contribution in [2.24, 2.45) is 0 Å². The van der Waals surface area contributed by atoms with Gasteiger partial charge in [0.05, 0.1) is 0 Å². The van der Waals surface area contributed by atoms with Gasteiger partial charge in [-0.1, -0.05) is 98.3 Å². The molecule has 1 N–H and O–H groups in total. The summed E-state index contributed by atoms with van der Waals surface area (Å²) in [7, 11) is 0. The number of aromatic hydroxyl groups is 1. The van der Waals surface area contributed by atoms with Gasteiger partial charge >= 0.3 is 0 Å². The zero-order valence-electron chi connectivity index (χ0n) is 33.9. The fourth-order valence-corrected chi connectivity index (χ4v) is 10.9. The quantitative estimate of drug-likeness (QED) is 0.110. The largest absolute Gasteiger partial charge is 0.507 e. The van der Waals surface area contributed by atoms with E-state index in [9.17, 15) is 24.3 Å². The first-order chi connectivity index (χ1) is 27.2. The molecule has 2 saturated carbocycles. The molecule has 0 radical (unpaired) electrons. The van der Waals surface area contributed by atoms with Gasteiger partial charge in [0.25, 0.3) is 23.6 Å². The molecule has 57 heavy (non-hydrogen) atoms. The van der Waals surface area contributed by atoms with Crippen molar-refractivity contribution in [2.45, 2.75) is 129 Å². The average Bonchev–Trinajstić information content (AvgIpc) is 3.18. The highest BCUT2D eigenvalue weighted by Crippen LogP contribution is 2.52. The number of benzene rings is 6. The predicted octanol–water partition coefficient (Wildman–Crippen LogP) is 11.6. The average molecular weight is 759 g/mol. The third-order valence-electron chi connectivity index (χ3n) is 13.7. The molecule has 2 heterocycles. The Morgan fingerprint density at radius 3 is 1.32 bits per heavy atom. The van der Waals surface area contributed by atoms with Crippen LogP contribution in [0.15, 0.2) is 54.6 Å². The summed E-state index contributed by atoms with van der Waals surface area (Å²) < 4.78 is 0. The van der Waals surface area contributed by atoms with Crippen LogP contribution in [0.3, 0.4) is 0 Å². The van der Waals surface area contributed by atoms with Crippen molar-refractivity contribution < 1.29 is 24.3 Å². The third kappa shape index (κ3) is 5.09. The van der Waals surface area contributed by atoms with Crippen LogP contribution in [0.25, 0.3) is 54.2 Å². The van der Waals surface area contributed by atoms with Crippen LogP contribution in [-0.4, -0.2) is 50.6 Å². The molecule has 7 nitrogen and oxygen atoms in total. The monoisotopic (exact) mass is 758 g/mol. The molecule has 0 unspecified atom stereocenters. The maximum absolute atomic E-state index is 14.9. The first-order valence-electron chi connectivity index (χ1n) is 21.0. The Bertz CT molecular complexity index is 2710. The first-order valence-corrected chi connectivity index (χ1v) is 21.0. The number of phenolic OH excluding ortho intramolecular Hbond substituents is 1. The summed E-state index contributed by atoms with van der Waals surface area (Å²) in [4.78, 5) is 61.4. The van der Waals surface area contributed by atoms with E-state index in [2.05, 4.69) is 53.7 Å². The van der Waals surface area contributed by atoms with Crippen molar-refractivity contribution >= 4 is 66.7 Å². The Morgan fingerprint density at radius 1 is 0.456 bits per heavy atom. The molecule has 290 valence electrons. The Hall–Kier alpha value is -5.30. The van der Waals surface area contributed by atoms with Gasteiger partial charge < -0.3 is 5.11 Å². The van der Waals surface area contributed by atoms with Crippen LogP contribution >= 0.6 is 0 Å². The Kier molecular flexibility index (Phi) is 7.81. The number of fused-ring (bicyclic) bond motifs is 2. The molecule has 2 fully saturated rings. The maximum atomic E-state index is 14.9. The Morgan fingerprint density at radius 2 is 0.860 bits per heavy atom. The van der Waals surface area contributed by atoms with Gasteiger partial charge in [-0.3, -0.25) is 29.0 Å². The molecule has 7 heteroatoms. The minimum atomic E-state index is -0.404. The SMILES string of the molecule is CC(C)(C)c1cc(-c2cc3c4c(ccc5c6ccc7c8c(ccc(c2c45)c86)C(=O)N(C2CCCCC2)C7=O)C(=O)N(C2CCCCC2)C3=O)cc(C(C)(C)C)c1O. The van der Waals surface area contributed by atoms with Crippen LogP contribution in [-0.2, 0) is 10.8 Å². The highest BCUT2D eigenvalue weighted by atomic mass is 16.3. The second kappa shape index (κ2) is 12.3. The van der Waals surface area contributed by atoms with Crippen molar-refractivity contribution in [3.63, 3.8) is 0 Å². The van der Waals surface area contributed by atoms with E-state index in [0.717, 1.165) is 119 Å². The molecular weight excluding hydrogens is 709 g/mol. The fourth-order valence-electron chi connectivity index (χ4n) is 10.9. The Balaban J connectivity index is 1.34. The van der Waals surface area contributed by atoms with E-state index < -0.39 is 10.8 Å². The van der Waals surface area contributed by atoms with Crippen molar-refractivity contribution in [1.29, 1.82) is 0 Å². The lowest BCUT2D eigenvalue weighted by atomic mass is 9.76. The summed E-state index contributed by atoms with van der Waals surface area (Å²) in [6.45, 7) is 12.6. The van der Waals surface area contributed by atoms with Crippen molar-refractivity contribution in [3.05, 3.63) is 88.0 Å². The lowest BCUT2D eigenvalue weighted by Crippen LogP contribution is -2.47. The molecule has 6 aromatic carbocycles. The number of amides is 4. The minimum Gasteiger partial charge on any atom is -0.507 e.